The van der Waals surface area contributed by atoms with Crippen molar-refractivity contribution in [2.75, 3.05) is 18.4 Å². The number of aromatic nitrogens is 2. The van der Waals surface area contributed by atoms with Crippen LogP contribution in [0.3, 0.4) is 0 Å². The first-order chi connectivity index (χ1) is 15.7. The van der Waals surface area contributed by atoms with Gasteiger partial charge >= 0.3 is 206 Å². The number of rotatable bonds is 7. The van der Waals surface area contributed by atoms with Gasteiger partial charge in [0.2, 0.25) is 0 Å². The maximum atomic E-state index is 11.3. The summed E-state index contributed by atoms with van der Waals surface area (Å²) < 4.78 is 2.61. The van der Waals surface area contributed by atoms with Crippen molar-refractivity contribution in [3.8, 4) is 0 Å². The number of hydrogen-bond donors (Lipinski definition) is 3. The Labute approximate surface area is 205 Å². The van der Waals surface area contributed by atoms with Gasteiger partial charge in [-0.15, -0.1) is 0 Å². The van der Waals surface area contributed by atoms with E-state index in [1.807, 2.05) is 18.2 Å². The van der Waals surface area contributed by atoms with Crippen LogP contribution in [0.2, 0.25) is 4.71 Å². The molecule has 1 saturated heterocycles. The number of benzene rings is 1. The number of pyridine rings is 1. The van der Waals surface area contributed by atoms with E-state index in [0.29, 0.717) is 23.8 Å². The monoisotopic (exact) mass is 528 g/mol. The number of amides is 1. The predicted octanol–water partition coefficient (Wildman–Crippen LogP) is 4.46. The third kappa shape index (κ3) is 6.25. The molecule has 1 fully saturated rings. The van der Waals surface area contributed by atoms with E-state index in [1.54, 1.807) is 11.3 Å². The number of fused-ring (bicyclic) bond motifs is 1. The molecule has 33 heavy (non-hydrogen) atoms. The van der Waals surface area contributed by atoms with Crippen LogP contribution in [0.25, 0.3) is 10.2 Å². The fourth-order valence-corrected chi connectivity index (χ4v) is 7.23. The van der Waals surface area contributed by atoms with E-state index in [0.717, 1.165) is 38.6 Å². The van der Waals surface area contributed by atoms with Crippen molar-refractivity contribution in [1.82, 2.24) is 20.2 Å². The molecule has 1 aliphatic heterocycles. The molecule has 1 amide bonds. The number of para-hydroxylation sites is 1. The number of anilines is 2. The summed E-state index contributed by atoms with van der Waals surface area (Å²) in [6, 6.07) is 12.8. The second-order valence-electron chi connectivity index (χ2n) is 9.60. The van der Waals surface area contributed by atoms with Crippen LogP contribution in [0.1, 0.15) is 39.7 Å². The number of nitrogens with one attached hydrogen (secondary N) is 2. The molecule has 0 unspecified atom stereocenters. The van der Waals surface area contributed by atoms with Gasteiger partial charge in [0, 0.05) is 0 Å². The second kappa shape index (κ2) is 10.00. The van der Waals surface area contributed by atoms with Gasteiger partial charge < -0.3 is 0 Å². The molecule has 0 aliphatic carbocycles. The molecule has 3 aromatic rings. The third-order valence-corrected chi connectivity index (χ3v) is 9.70. The molecule has 3 N–H and O–H groups in total. The number of likely N-dealkylation sites (tertiary alicyclic amines) is 1. The number of carbonyl (C=O) groups is 1. The average Bonchev–Trinajstić information content (AvgIpc) is 3.37. The first-order valence-corrected chi connectivity index (χ1v) is 14.1. The van der Waals surface area contributed by atoms with E-state index in [1.165, 1.54) is 10.5 Å². The summed E-state index contributed by atoms with van der Waals surface area (Å²) in [5.74, 6) is 0.801. The summed E-state index contributed by atoms with van der Waals surface area (Å²) in [5, 5.41) is 17.2. The van der Waals surface area contributed by atoms with Gasteiger partial charge in [-0.3, -0.25) is 0 Å². The molecule has 1 radical (unpaired) electrons. The molecular weight excluding hydrogens is 497 g/mol. The van der Waals surface area contributed by atoms with Gasteiger partial charge in [0.1, 0.15) is 0 Å². The Morgan fingerprint density at radius 3 is 2.79 bits per heavy atom. The van der Waals surface area contributed by atoms with Crippen LogP contribution >= 0.6 is 11.3 Å². The van der Waals surface area contributed by atoms with Crippen LogP contribution in [-0.2, 0) is 6.54 Å². The van der Waals surface area contributed by atoms with Crippen molar-refractivity contribution in [2.24, 2.45) is 5.41 Å². The van der Waals surface area contributed by atoms with Crippen LogP contribution in [0.15, 0.2) is 36.4 Å². The Kier molecular flexibility index (Phi) is 7.27. The third-order valence-electron chi connectivity index (χ3n) is 6.06. The Hall–Kier alpha value is -2.15. The summed E-state index contributed by atoms with van der Waals surface area (Å²) in [4.78, 5) is 22.4. The molecule has 7 nitrogen and oxygen atoms in total. The number of nitrogens with zero attached hydrogens (tertiary/aromatic N) is 3. The Balaban J connectivity index is 1.54. The fourth-order valence-electron chi connectivity index (χ4n) is 3.62. The molecule has 4 rings (SSSR count). The summed E-state index contributed by atoms with van der Waals surface area (Å²) in [7, 11) is 0. The molecule has 175 valence electrons. The predicted molar refractivity (Wildman–Crippen MR) is 136 cm³/mol. The van der Waals surface area contributed by atoms with Crippen LogP contribution in [0.4, 0.5) is 15.7 Å². The quantitative estimate of drug-likeness (QED) is 0.393. The number of carboxylic acid groups (broad SMARTS) is 1. The summed E-state index contributed by atoms with van der Waals surface area (Å²) in [5.41, 5.74) is 2.34. The molecule has 0 spiro atoms. The van der Waals surface area contributed by atoms with E-state index in [-0.39, 0.29) is 21.2 Å². The molecule has 1 aromatic carbocycles. The Morgan fingerprint density at radius 2 is 2.09 bits per heavy atom. The zero-order chi connectivity index (χ0) is 23.6. The summed E-state index contributed by atoms with van der Waals surface area (Å²) >= 11 is 1.38. The minimum atomic E-state index is -0.820. The van der Waals surface area contributed by atoms with Crippen LogP contribution in [0.5, 0.6) is 0 Å². The summed E-state index contributed by atoms with van der Waals surface area (Å²) in [6.45, 7) is 10.9. The molecule has 3 heterocycles. The van der Waals surface area contributed by atoms with E-state index < -0.39 is 6.09 Å². The van der Waals surface area contributed by atoms with Crippen LogP contribution in [-0.4, -0.2) is 61.0 Å². The molecule has 0 saturated carbocycles. The second-order valence-corrected chi connectivity index (χ2v) is 13.7. The van der Waals surface area contributed by atoms with E-state index in [2.05, 4.69) is 56.5 Å². The Bertz CT molecular complexity index is 1100. The van der Waals surface area contributed by atoms with Crippen molar-refractivity contribution in [2.45, 2.75) is 51.4 Å². The van der Waals surface area contributed by atoms with Crippen LogP contribution in [0, 0.1) is 5.41 Å². The SMILES string of the molecule is C[C@H](NCc1cc(Nc2nc3ccccc3s2)nc([As][C@H]2CCN(C(=O)O)C2)c1)C(C)(C)C. The van der Waals surface area contributed by atoms with Crippen molar-refractivity contribution < 1.29 is 9.90 Å². The molecule has 0 bridgehead atoms. The maximum absolute atomic E-state index is 11.3. The first-order valence-electron chi connectivity index (χ1n) is 11.2. The topological polar surface area (TPSA) is 90.4 Å². The first kappa shape index (κ1) is 24.0. The van der Waals surface area contributed by atoms with E-state index >= 15 is 0 Å². The fraction of sp³-hybridized carbons (Fsp3) is 0.458. The van der Waals surface area contributed by atoms with Crippen molar-refractivity contribution in [1.29, 1.82) is 0 Å². The van der Waals surface area contributed by atoms with Gasteiger partial charge in [-0.25, -0.2) is 0 Å². The molecular formula is C24H31AsN5O2S. The van der Waals surface area contributed by atoms with Crippen molar-refractivity contribution >= 4 is 58.8 Å². The summed E-state index contributed by atoms with van der Waals surface area (Å²) in [6.07, 6.45) is 0.0944. The van der Waals surface area contributed by atoms with Gasteiger partial charge in [0.05, 0.1) is 0 Å². The molecule has 1 aliphatic rings. The van der Waals surface area contributed by atoms with Crippen molar-refractivity contribution in [3.05, 3.63) is 42.0 Å². The van der Waals surface area contributed by atoms with Gasteiger partial charge in [-0.1, -0.05) is 0 Å². The normalized spacial score (nSPS) is 17.8. The number of thiazole rings is 1. The molecule has 2 atom stereocenters. The Morgan fingerprint density at radius 1 is 1.30 bits per heavy atom. The van der Waals surface area contributed by atoms with Crippen LogP contribution < -0.4 is 15.1 Å². The zero-order valence-electron chi connectivity index (χ0n) is 19.5. The average molecular weight is 529 g/mol. The van der Waals surface area contributed by atoms with E-state index in [4.69, 9.17) is 9.97 Å². The zero-order valence-corrected chi connectivity index (χ0v) is 22.2. The van der Waals surface area contributed by atoms with Crippen molar-refractivity contribution in [3.63, 3.8) is 0 Å². The van der Waals surface area contributed by atoms with Gasteiger partial charge in [-0.05, 0) is 0 Å². The van der Waals surface area contributed by atoms with Gasteiger partial charge in [-0.2, -0.15) is 0 Å². The molecule has 9 heteroatoms. The van der Waals surface area contributed by atoms with E-state index in [9.17, 15) is 9.90 Å². The van der Waals surface area contributed by atoms with Gasteiger partial charge in [0.25, 0.3) is 0 Å². The van der Waals surface area contributed by atoms with Gasteiger partial charge in [0.15, 0.2) is 0 Å². The minimum absolute atomic E-state index is 0.175. The number of hydrogen-bond acceptors (Lipinski definition) is 6. The standard InChI is InChI=1S/C24H31AsN5O2S/c1-15(24(2,3)4)26-13-16-11-20(25-17-9-10-30(14-17)23(31)32)28-21(12-16)29-22-27-18-7-5-6-8-19(18)33-22/h5-8,11-12,15,17,26H,9-10,13-14H2,1-4H3,(H,31,32)(H,27,28,29)/t15-,17-/m0/s1. The molecule has 2 aromatic heterocycles.